The molecule has 0 unspecified atom stereocenters. The van der Waals surface area contributed by atoms with Crippen LogP contribution in [-0.4, -0.2) is 40.8 Å². The standard InChI is InChI=1S/C38H29N3O4S/c42-35(29-11-5-2-6-12-29)40-34(25-26-15-17-28(18-16-26)27-9-3-1-4-10-27)36(43)39-30-19-21-31(22-20-30)46-24-23-41-37(44)32-13-7-8-14-33(32)38(41)45/h1-22,25H,23-24H2,(H,39,43)(H,40,42)/b34-25-. The molecule has 0 radical (unpaired) electrons. The molecule has 0 saturated heterocycles. The SMILES string of the molecule is O=C(Nc1ccc(SCCN2C(=O)c3ccccc3C2=O)cc1)/C(=C/c1ccc(-c2ccccc2)cc1)NC(=O)c1ccccc1. The van der Waals surface area contributed by atoms with Crippen LogP contribution in [0.5, 0.6) is 0 Å². The second kappa shape index (κ2) is 13.9. The van der Waals surface area contributed by atoms with E-state index in [0.29, 0.717) is 28.1 Å². The van der Waals surface area contributed by atoms with Crippen LogP contribution in [-0.2, 0) is 4.79 Å². The number of imide groups is 1. The Morgan fingerprint density at radius 3 is 1.85 bits per heavy atom. The van der Waals surface area contributed by atoms with Gasteiger partial charge >= 0.3 is 0 Å². The number of fused-ring (bicyclic) bond motifs is 1. The number of carbonyl (C=O) groups is 4. The largest absolute Gasteiger partial charge is 0.321 e. The third-order valence-corrected chi connectivity index (χ3v) is 8.42. The Kier molecular flexibility index (Phi) is 9.17. The van der Waals surface area contributed by atoms with Crippen LogP contribution in [0.2, 0.25) is 0 Å². The summed E-state index contributed by atoms with van der Waals surface area (Å²) in [6, 6.07) is 40.6. The van der Waals surface area contributed by atoms with Crippen molar-refractivity contribution >= 4 is 47.2 Å². The molecule has 7 nitrogen and oxygen atoms in total. The van der Waals surface area contributed by atoms with Gasteiger partial charge in [0.2, 0.25) is 0 Å². The molecule has 0 aromatic heterocycles. The summed E-state index contributed by atoms with van der Waals surface area (Å²) in [5.41, 5.74) is 4.84. The van der Waals surface area contributed by atoms with Crippen molar-refractivity contribution in [3.8, 4) is 11.1 Å². The molecule has 0 fully saturated rings. The van der Waals surface area contributed by atoms with Crippen molar-refractivity contribution < 1.29 is 19.2 Å². The summed E-state index contributed by atoms with van der Waals surface area (Å²) in [6.45, 7) is 0.289. The van der Waals surface area contributed by atoms with Gasteiger partial charge in [0.05, 0.1) is 11.1 Å². The first-order valence-electron chi connectivity index (χ1n) is 14.7. The van der Waals surface area contributed by atoms with Gasteiger partial charge in [0.15, 0.2) is 0 Å². The summed E-state index contributed by atoms with van der Waals surface area (Å²) >= 11 is 1.50. The van der Waals surface area contributed by atoms with Crippen LogP contribution >= 0.6 is 11.8 Å². The highest BCUT2D eigenvalue weighted by atomic mass is 32.2. The Labute approximate surface area is 271 Å². The van der Waals surface area contributed by atoms with Crippen LogP contribution in [0.4, 0.5) is 5.69 Å². The van der Waals surface area contributed by atoms with Crippen LogP contribution in [0.3, 0.4) is 0 Å². The highest BCUT2D eigenvalue weighted by Crippen LogP contribution is 2.25. The number of thioether (sulfide) groups is 1. The molecule has 226 valence electrons. The van der Waals surface area contributed by atoms with Crippen LogP contribution in [0.15, 0.2) is 144 Å². The summed E-state index contributed by atoms with van der Waals surface area (Å²) in [5, 5.41) is 5.65. The molecular weight excluding hydrogens is 595 g/mol. The molecule has 5 aromatic rings. The average molecular weight is 624 g/mol. The number of carbonyl (C=O) groups excluding carboxylic acids is 4. The fraction of sp³-hybridized carbons (Fsp3) is 0.0526. The summed E-state index contributed by atoms with van der Waals surface area (Å²) in [4.78, 5) is 53.9. The van der Waals surface area contributed by atoms with E-state index in [9.17, 15) is 19.2 Å². The van der Waals surface area contributed by atoms with Crippen LogP contribution in [0, 0.1) is 0 Å². The van der Waals surface area contributed by atoms with Gasteiger partial charge in [-0.25, -0.2) is 0 Å². The van der Waals surface area contributed by atoms with Crippen molar-refractivity contribution in [2.75, 3.05) is 17.6 Å². The minimum atomic E-state index is -0.470. The monoisotopic (exact) mass is 623 g/mol. The molecule has 0 saturated carbocycles. The van der Waals surface area contributed by atoms with Gasteiger partial charge in [-0.05, 0) is 71.3 Å². The van der Waals surface area contributed by atoms with E-state index in [2.05, 4.69) is 10.6 Å². The number of hydrogen-bond acceptors (Lipinski definition) is 5. The topological polar surface area (TPSA) is 95.6 Å². The van der Waals surface area contributed by atoms with E-state index in [0.717, 1.165) is 21.6 Å². The van der Waals surface area contributed by atoms with Gasteiger partial charge in [-0.1, -0.05) is 84.9 Å². The Bertz CT molecular complexity index is 1890. The quantitative estimate of drug-likeness (QED) is 0.0979. The highest BCUT2D eigenvalue weighted by molar-refractivity contribution is 7.99. The lowest BCUT2D eigenvalue weighted by Crippen LogP contribution is -2.31. The molecule has 0 aliphatic carbocycles. The van der Waals surface area contributed by atoms with Gasteiger partial charge in [0, 0.05) is 28.4 Å². The first kappa shape index (κ1) is 30.3. The fourth-order valence-corrected chi connectivity index (χ4v) is 5.88. The predicted molar refractivity (Wildman–Crippen MR) is 181 cm³/mol. The fourth-order valence-electron chi connectivity index (χ4n) is 5.04. The maximum absolute atomic E-state index is 13.5. The number of anilines is 1. The van der Waals surface area contributed by atoms with Gasteiger partial charge in [-0.3, -0.25) is 24.1 Å². The highest BCUT2D eigenvalue weighted by Gasteiger charge is 2.34. The molecular formula is C38H29N3O4S. The van der Waals surface area contributed by atoms with Crippen LogP contribution in [0.1, 0.15) is 36.6 Å². The molecule has 1 aliphatic heterocycles. The average Bonchev–Trinajstić information content (AvgIpc) is 3.34. The van der Waals surface area contributed by atoms with Crippen LogP contribution in [0.25, 0.3) is 17.2 Å². The predicted octanol–water partition coefficient (Wildman–Crippen LogP) is 7.15. The number of nitrogens with one attached hydrogen (secondary N) is 2. The molecule has 8 heteroatoms. The number of hydrogen-bond donors (Lipinski definition) is 2. The number of benzene rings is 5. The maximum Gasteiger partial charge on any atom is 0.272 e. The minimum Gasteiger partial charge on any atom is -0.321 e. The third kappa shape index (κ3) is 6.98. The second-order valence-corrected chi connectivity index (χ2v) is 11.7. The van der Waals surface area contributed by atoms with E-state index >= 15 is 0 Å². The van der Waals surface area contributed by atoms with Crippen molar-refractivity contribution in [2.24, 2.45) is 0 Å². The Morgan fingerprint density at radius 1 is 0.652 bits per heavy atom. The van der Waals surface area contributed by atoms with Crippen LogP contribution < -0.4 is 10.6 Å². The molecule has 6 rings (SSSR count). The zero-order valence-electron chi connectivity index (χ0n) is 24.7. The lowest BCUT2D eigenvalue weighted by Gasteiger charge is -2.14. The lowest BCUT2D eigenvalue weighted by atomic mass is 10.0. The summed E-state index contributed by atoms with van der Waals surface area (Å²) in [7, 11) is 0. The van der Waals surface area contributed by atoms with Crippen molar-refractivity contribution in [1.29, 1.82) is 0 Å². The van der Waals surface area contributed by atoms with Gasteiger partial charge in [-0.15, -0.1) is 11.8 Å². The Hall–Kier alpha value is -5.73. The molecule has 0 atom stereocenters. The van der Waals surface area contributed by atoms with E-state index in [1.165, 1.54) is 16.7 Å². The molecule has 4 amide bonds. The van der Waals surface area contributed by atoms with Crippen molar-refractivity contribution in [1.82, 2.24) is 10.2 Å². The Morgan fingerprint density at radius 2 is 1.22 bits per heavy atom. The molecule has 1 aliphatic rings. The van der Waals surface area contributed by atoms with Gasteiger partial charge in [0.1, 0.15) is 5.70 Å². The third-order valence-electron chi connectivity index (χ3n) is 7.43. The molecule has 46 heavy (non-hydrogen) atoms. The number of amides is 4. The van der Waals surface area contributed by atoms with E-state index < -0.39 is 11.8 Å². The van der Waals surface area contributed by atoms with Crippen molar-refractivity contribution in [2.45, 2.75) is 4.90 Å². The maximum atomic E-state index is 13.5. The Balaban J connectivity index is 1.12. The lowest BCUT2D eigenvalue weighted by molar-refractivity contribution is -0.113. The van der Waals surface area contributed by atoms with Gasteiger partial charge < -0.3 is 10.6 Å². The summed E-state index contributed by atoms with van der Waals surface area (Å²) < 4.78 is 0. The van der Waals surface area contributed by atoms with Crippen molar-refractivity contribution in [3.05, 3.63) is 161 Å². The van der Waals surface area contributed by atoms with E-state index in [1.807, 2.05) is 72.8 Å². The first-order chi connectivity index (χ1) is 22.5. The number of nitrogens with zero attached hydrogens (tertiary/aromatic N) is 1. The smallest absolute Gasteiger partial charge is 0.272 e. The van der Waals surface area contributed by atoms with E-state index in [4.69, 9.17) is 0 Å². The molecule has 1 heterocycles. The summed E-state index contributed by atoms with van der Waals surface area (Å²) in [6.07, 6.45) is 1.65. The zero-order valence-corrected chi connectivity index (χ0v) is 25.5. The van der Waals surface area contributed by atoms with Gasteiger partial charge in [0.25, 0.3) is 23.6 Å². The molecule has 5 aromatic carbocycles. The molecule has 0 bridgehead atoms. The first-order valence-corrected chi connectivity index (χ1v) is 15.7. The molecule has 0 spiro atoms. The summed E-state index contributed by atoms with van der Waals surface area (Å²) in [5.74, 6) is -0.877. The van der Waals surface area contributed by atoms with Gasteiger partial charge in [-0.2, -0.15) is 0 Å². The normalized spacial score (nSPS) is 12.5. The minimum absolute atomic E-state index is 0.0979. The van der Waals surface area contributed by atoms with E-state index in [-0.39, 0.29) is 24.1 Å². The van der Waals surface area contributed by atoms with E-state index in [1.54, 1.807) is 66.7 Å². The van der Waals surface area contributed by atoms with Crippen molar-refractivity contribution in [3.63, 3.8) is 0 Å². The zero-order chi connectivity index (χ0) is 31.9. The number of rotatable bonds is 10. The second-order valence-electron chi connectivity index (χ2n) is 10.5. The molecule has 2 N–H and O–H groups in total.